The van der Waals surface area contributed by atoms with Crippen LogP contribution in [-0.2, 0) is 10.0 Å². The van der Waals surface area contributed by atoms with Gasteiger partial charge in [-0.05, 0) is 43.3 Å². The van der Waals surface area contributed by atoms with Crippen LogP contribution in [0.1, 0.15) is 5.69 Å². The fraction of sp³-hybridized carbons (Fsp3) is 0.118. The Bertz CT molecular complexity index is 1050. The fourth-order valence-electron chi connectivity index (χ4n) is 2.53. The van der Waals surface area contributed by atoms with Crippen molar-refractivity contribution in [2.45, 2.75) is 11.8 Å². The number of ether oxygens (including phenoxy) is 1. The van der Waals surface area contributed by atoms with E-state index in [0.717, 1.165) is 0 Å². The Morgan fingerprint density at radius 2 is 1.71 bits per heavy atom. The number of pyridine rings is 1. The van der Waals surface area contributed by atoms with Crippen LogP contribution in [0.4, 0.5) is 5.69 Å². The summed E-state index contributed by atoms with van der Waals surface area (Å²) in [5.74, 6) is 0.609. The fourth-order valence-corrected chi connectivity index (χ4v) is 3.89. The molecule has 0 radical (unpaired) electrons. The van der Waals surface area contributed by atoms with E-state index in [1.54, 1.807) is 55.5 Å². The van der Waals surface area contributed by atoms with E-state index in [4.69, 9.17) is 4.74 Å². The van der Waals surface area contributed by atoms with Crippen LogP contribution in [0, 0.1) is 6.92 Å². The highest BCUT2D eigenvalue weighted by atomic mass is 32.2. The number of fused-ring (bicyclic) bond motifs is 1. The van der Waals surface area contributed by atoms with E-state index in [1.807, 2.05) is 0 Å². The third-order valence-electron chi connectivity index (χ3n) is 3.65. The molecular formula is C17H16N2O4S. The summed E-state index contributed by atoms with van der Waals surface area (Å²) in [6.07, 6.45) is 0. The minimum atomic E-state index is -4.02. The van der Waals surface area contributed by atoms with E-state index in [-0.39, 0.29) is 4.90 Å². The molecule has 0 bridgehead atoms. The molecule has 2 N–H and O–H groups in total. The molecule has 0 amide bonds. The Morgan fingerprint density at radius 3 is 2.38 bits per heavy atom. The quantitative estimate of drug-likeness (QED) is 0.761. The Labute approximate surface area is 139 Å². The molecular weight excluding hydrogens is 328 g/mol. The summed E-state index contributed by atoms with van der Waals surface area (Å²) in [6, 6.07) is 13.2. The lowest BCUT2D eigenvalue weighted by Crippen LogP contribution is -2.23. The number of nitrogens with one attached hydrogen (secondary N) is 2. The predicted octanol–water partition coefficient (Wildman–Crippen LogP) is 2.65. The molecule has 0 unspecified atom stereocenters. The molecule has 0 spiro atoms. The first kappa shape index (κ1) is 16.1. The summed E-state index contributed by atoms with van der Waals surface area (Å²) in [5, 5.41) is 0.332. The standard InChI is InChI=1S/C17H16N2O4S/c1-11-17(16(20)14-5-3-4-6-15(14)18-11)24(21,22)19-12-7-9-13(23-2)10-8-12/h3-10,19H,1-2H3,(H,18,20). The van der Waals surface area contributed by atoms with Crippen molar-refractivity contribution in [3.63, 3.8) is 0 Å². The van der Waals surface area contributed by atoms with E-state index >= 15 is 0 Å². The number of H-pyrrole nitrogens is 1. The minimum Gasteiger partial charge on any atom is -0.497 e. The Hall–Kier alpha value is -2.80. The molecule has 0 aliphatic rings. The van der Waals surface area contributed by atoms with Crippen LogP contribution in [0.15, 0.2) is 58.2 Å². The summed E-state index contributed by atoms with van der Waals surface area (Å²) in [6.45, 7) is 1.57. The van der Waals surface area contributed by atoms with E-state index in [1.165, 1.54) is 7.11 Å². The summed E-state index contributed by atoms with van der Waals surface area (Å²) in [4.78, 5) is 15.3. The van der Waals surface area contributed by atoms with Gasteiger partial charge in [0, 0.05) is 22.3 Å². The van der Waals surface area contributed by atoms with E-state index < -0.39 is 15.5 Å². The van der Waals surface area contributed by atoms with Crippen LogP contribution in [0.3, 0.4) is 0 Å². The number of para-hydroxylation sites is 1. The largest absolute Gasteiger partial charge is 0.497 e. The Balaban J connectivity index is 2.09. The average Bonchev–Trinajstić information content (AvgIpc) is 2.55. The summed E-state index contributed by atoms with van der Waals surface area (Å²) in [5.41, 5.74) is 0.716. The van der Waals surface area contributed by atoms with Crippen LogP contribution < -0.4 is 14.9 Å². The van der Waals surface area contributed by atoms with Crippen LogP contribution in [0.5, 0.6) is 5.75 Å². The van der Waals surface area contributed by atoms with Crippen molar-refractivity contribution < 1.29 is 13.2 Å². The highest BCUT2D eigenvalue weighted by molar-refractivity contribution is 7.92. The molecule has 0 fully saturated rings. The molecule has 0 saturated carbocycles. The van der Waals surface area contributed by atoms with Crippen molar-refractivity contribution in [2.24, 2.45) is 0 Å². The van der Waals surface area contributed by atoms with Crippen molar-refractivity contribution in [2.75, 3.05) is 11.8 Å². The molecule has 124 valence electrons. The molecule has 6 nitrogen and oxygen atoms in total. The zero-order chi connectivity index (χ0) is 17.3. The number of rotatable bonds is 4. The Morgan fingerprint density at radius 1 is 1.04 bits per heavy atom. The second-order valence-corrected chi connectivity index (χ2v) is 6.91. The summed E-state index contributed by atoms with van der Waals surface area (Å²) in [7, 11) is -2.50. The second-order valence-electron chi connectivity index (χ2n) is 5.29. The topological polar surface area (TPSA) is 88.3 Å². The smallest absolute Gasteiger partial charge is 0.267 e. The van der Waals surface area contributed by atoms with Crippen LogP contribution in [0.25, 0.3) is 10.9 Å². The maximum atomic E-state index is 12.7. The van der Waals surface area contributed by atoms with Gasteiger partial charge in [0.2, 0.25) is 5.43 Å². The summed E-state index contributed by atoms with van der Waals surface area (Å²) < 4.78 is 32.8. The number of aromatic nitrogens is 1. The Kier molecular flexibility index (Phi) is 4.02. The second kappa shape index (κ2) is 6.01. The molecule has 0 aliphatic heterocycles. The molecule has 24 heavy (non-hydrogen) atoms. The number of hydrogen-bond acceptors (Lipinski definition) is 4. The van der Waals surface area contributed by atoms with Gasteiger partial charge < -0.3 is 9.72 Å². The molecule has 2 aromatic carbocycles. The molecule has 1 heterocycles. The first-order valence-corrected chi connectivity index (χ1v) is 8.69. The van der Waals surface area contributed by atoms with Crippen molar-refractivity contribution in [1.82, 2.24) is 4.98 Å². The normalized spacial score (nSPS) is 11.4. The van der Waals surface area contributed by atoms with Gasteiger partial charge in [-0.2, -0.15) is 0 Å². The maximum absolute atomic E-state index is 12.7. The van der Waals surface area contributed by atoms with Gasteiger partial charge in [0.05, 0.1) is 7.11 Å². The van der Waals surface area contributed by atoms with Crippen LogP contribution >= 0.6 is 0 Å². The first-order chi connectivity index (χ1) is 11.4. The van der Waals surface area contributed by atoms with Crippen molar-refractivity contribution in [1.29, 1.82) is 0 Å². The van der Waals surface area contributed by atoms with Gasteiger partial charge in [-0.3, -0.25) is 9.52 Å². The van der Waals surface area contributed by atoms with Gasteiger partial charge in [0.1, 0.15) is 5.75 Å². The van der Waals surface area contributed by atoms with Gasteiger partial charge in [-0.1, -0.05) is 12.1 Å². The number of aryl methyl sites for hydroxylation is 1. The maximum Gasteiger partial charge on any atom is 0.267 e. The monoisotopic (exact) mass is 344 g/mol. The van der Waals surface area contributed by atoms with E-state index in [2.05, 4.69) is 9.71 Å². The van der Waals surface area contributed by atoms with Gasteiger partial charge in [0.25, 0.3) is 10.0 Å². The number of sulfonamides is 1. The van der Waals surface area contributed by atoms with Crippen molar-refractivity contribution >= 4 is 26.6 Å². The highest BCUT2D eigenvalue weighted by Gasteiger charge is 2.23. The molecule has 0 saturated heterocycles. The molecule has 7 heteroatoms. The molecule has 3 rings (SSSR count). The van der Waals surface area contributed by atoms with Gasteiger partial charge in [-0.25, -0.2) is 8.42 Å². The number of hydrogen-bond donors (Lipinski definition) is 2. The molecule has 1 aromatic heterocycles. The van der Waals surface area contributed by atoms with Crippen LogP contribution in [-0.4, -0.2) is 20.5 Å². The number of anilines is 1. The molecule has 3 aromatic rings. The van der Waals surface area contributed by atoms with Gasteiger partial charge in [-0.15, -0.1) is 0 Å². The van der Waals surface area contributed by atoms with Gasteiger partial charge >= 0.3 is 0 Å². The lowest BCUT2D eigenvalue weighted by Gasteiger charge is -2.11. The van der Waals surface area contributed by atoms with Crippen molar-refractivity contribution in [3.05, 3.63) is 64.4 Å². The number of aromatic amines is 1. The van der Waals surface area contributed by atoms with Crippen LogP contribution in [0.2, 0.25) is 0 Å². The lowest BCUT2D eigenvalue weighted by atomic mass is 10.2. The molecule has 0 aliphatic carbocycles. The summed E-state index contributed by atoms with van der Waals surface area (Å²) >= 11 is 0. The van der Waals surface area contributed by atoms with E-state index in [9.17, 15) is 13.2 Å². The average molecular weight is 344 g/mol. The number of methoxy groups -OCH3 is 1. The zero-order valence-electron chi connectivity index (χ0n) is 13.2. The highest BCUT2D eigenvalue weighted by Crippen LogP contribution is 2.20. The third-order valence-corrected chi connectivity index (χ3v) is 5.19. The zero-order valence-corrected chi connectivity index (χ0v) is 14.0. The molecule has 0 atom stereocenters. The SMILES string of the molecule is COc1ccc(NS(=O)(=O)c2c(C)[nH]c3ccccc3c2=O)cc1. The lowest BCUT2D eigenvalue weighted by molar-refractivity contribution is 0.415. The third kappa shape index (κ3) is 2.85. The van der Waals surface area contributed by atoms with Gasteiger partial charge in [0.15, 0.2) is 4.90 Å². The van der Waals surface area contributed by atoms with E-state index in [0.29, 0.717) is 28.0 Å². The number of benzene rings is 2. The predicted molar refractivity (Wildman–Crippen MR) is 93.1 cm³/mol. The minimum absolute atomic E-state index is 0.281. The van der Waals surface area contributed by atoms with Crippen molar-refractivity contribution in [3.8, 4) is 5.75 Å². The first-order valence-electron chi connectivity index (χ1n) is 7.21.